The molecule has 4 heterocycles. The molecular formula is C24H27N6O+. The predicted octanol–water partition coefficient (Wildman–Crippen LogP) is 1.46. The number of anilines is 1. The molecule has 0 spiro atoms. The van der Waals surface area contributed by atoms with Gasteiger partial charge in [0, 0.05) is 29.6 Å². The van der Waals surface area contributed by atoms with Gasteiger partial charge in [0.1, 0.15) is 12.4 Å². The minimum Gasteiger partial charge on any atom is -0.391 e. The third-order valence-corrected chi connectivity index (χ3v) is 6.04. The van der Waals surface area contributed by atoms with Crippen LogP contribution in [0.15, 0.2) is 60.9 Å². The molecule has 5 rings (SSSR count). The fourth-order valence-corrected chi connectivity index (χ4v) is 4.41. The van der Waals surface area contributed by atoms with Gasteiger partial charge in [0.2, 0.25) is 0 Å². The molecule has 0 atom stereocenters. The summed E-state index contributed by atoms with van der Waals surface area (Å²) in [4.78, 5) is 13.0. The number of piperazine rings is 1. The van der Waals surface area contributed by atoms with E-state index in [1.54, 1.807) is 12.4 Å². The summed E-state index contributed by atoms with van der Waals surface area (Å²) in [5.74, 6) is 1.06. The van der Waals surface area contributed by atoms with Gasteiger partial charge in [-0.1, -0.05) is 30.3 Å². The Bertz CT molecular complexity index is 1170. The number of hydrogen-bond donors (Lipinski definition) is 2. The minimum atomic E-state index is 0.236. The molecule has 1 aliphatic rings. The van der Waals surface area contributed by atoms with E-state index in [1.807, 2.05) is 22.7 Å². The standard InChI is InChI=1S/C24H26N6O/c1-18-23(20-5-3-2-4-6-20)24-26-21(19-7-9-25-10-8-19)17-22(30(24)27-18)29-13-11-28(12-14-29)15-16-31/h2-10,17,31H,11-16H2,1H3/p+1. The van der Waals surface area contributed by atoms with Crippen LogP contribution in [0.25, 0.3) is 28.0 Å². The van der Waals surface area contributed by atoms with Crippen molar-refractivity contribution in [3.05, 3.63) is 66.6 Å². The van der Waals surface area contributed by atoms with Gasteiger partial charge in [0.25, 0.3) is 0 Å². The van der Waals surface area contributed by atoms with Crippen LogP contribution >= 0.6 is 0 Å². The molecule has 3 aromatic heterocycles. The number of aryl methyl sites for hydroxylation is 1. The Hall–Kier alpha value is -3.29. The molecule has 2 N–H and O–H groups in total. The average molecular weight is 416 g/mol. The normalized spacial score (nSPS) is 15.0. The molecule has 1 aliphatic heterocycles. The van der Waals surface area contributed by atoms with Crippen LogP contribution in [-0.4, -0.2) is 64.0 Å². The molecule has 31 heavy (non-hydrogen) atoms. The first-order valence-corrected chi connectivity index (χ1v) is 10.8. The lowest BCUT2D eigenvalue weighted by Gasteiger charge is -2.33. The maximum Gasteiger partial charge on any atom is 0.166 e. The number of rotatable bonds is 5. The average Bonchev–Trinajstić information content (AvgIpc) is 3.16. The van der Waals surface area contributed by atoms with Crippen LogP contribution in [0.4, 0.5) is 5.82 Å². The molecular weight excluding hydrogens is 388 g/mol. The summed E-state index contributed by atoms with van der Waals surface area (Å²) in [6.07, 6.45) is 3.61. The van der Waals surface area contributed by atoms with E-state index >= 15 is 0 Å². The van der Waals surface area contributed by atoms with E-state index in [-0.39, 0.29) is 6.61 Å². The van der Waals surface area contributed by atoms with E-state index in [4.69, 9.17) is 10.1 Å². The third-order valence-electron chi connectivity index (χ3n) is 6.04. The lowest BCUT2D eigenvalue weighted by atomic mass is 10.1. The van der Waals surface area contributed by atoms with Crippen LogP contribution in [0.3, 0.4) is 0 Å². The molecule has 158 valence electrons. The van der Waals surface area contributed by atoms with E-state index in [0.717, 1.165) is 72.3 Å². The summed E-state index contributed by atoms with van der Waals surface area (Å²) in [5.41, 5.74) is 6.00. The van der Waals surface area contributed by atoms with Crippen LogP contribution in [0.5, 0.6) is 0 Å². The lowest BCUT2D eigenvalue weighted by molar-refractivity contribution is -0.900. The van der Waals surface area contributed by atoms with Crippen molar-refractivity contribution in [2.45, 2.75) is 6.92 Å². The maximum absolute atomic E-state index is 9.28. The number of nitrogens with zero attached hydrogens (tertiary/aromatic N) is 5. The van der Waals surface area contributed by atoms with Crippen molar-refractivity contribution >= 4 is 11.5 Å². The molecule has 0 amide bonds. The van der Waals surface area contributed by atoms with Crippen LogP contribution < -0.4 is 9.80 Å². The predicted molar refractivity (Wildman–Crippen MR) is 121 cm³/mol. The quantitative estimate of drug-likeness (QED) is 0.517. The molecule has 0 saturated carbocycles. The molecule has 0 unspecified atom stereocenters. The molecule has 7 heteroatoms. The van der Waals surface area contributed by atoms with Crippen molar-refractivity contribution < 1.29 is 10.0 Å². The zero-order valence-electron chi connectivity index (χ0n) is 17.7. The monoisotopic (exact) mass is 415 g/mol. The summed E-state index contributed by atoms with van der Waals surface area (Å²) >= 11 is 0. The van der Waals surface area contributed by atoms with Gasteiger partial charge in [-0.15, -0.1) is 0 Å². The Kier molecular flexibility index (Phi) is 5.36. The van der Waals surface area contributed by atoms with Crippen molar-refractivity contribution in [3.63, 3.8) is 0 Å². The molecule has 0 radical (unpaired) electrons. The molecule has 1 saturated heterocycles. The summed E-state index contributed by atoms with van der Waals surface area (Å²) in [5, 5.41) is 14.2. The van der Waals surface area contributed by atoms with Crippen molar-refractivity contribution in [2.75, 3.05) is 44.2 Å². The van der Waals surface area contributed by atoms with Gasteiger partial charge >= 0.3 is 0 Å². The van der Waals surface area contributed by atoms with Crippen molar-refractivity contribution in [1.82, 2.24) is 19.6 Å². The Morgan fingerprint density at radius 2 is 1.74 bits per heavy atom. The number of hydrogen-bond acceptors (Lipinski definition) is 5. The highest BCUT2D eigenvalue weighted by atomic mass is 16.3. The maximum atomic E-state index is 9.28. The van der Waals surface area contributed by atoms with Crippen molar-refractivity contribution in [2.24, 2.45) is 0 Å². The van der Waals surface area contributed by atoms with Crippen LogP contribution in [-0.2, 0) is 0 Å². The van der Waals surface area contributed by atoms with E-state index in [0.29, 0.717) is 0 Å². The van der Waals surface area contributed by atoms with Crippen molar-refractivity contribution in [3.8, 4) is 22.4 Å². The Labute approximate surface area is 181 Å². The fraction of sp³-hybridized carbons (Fsp3) is 0.292. The Balaban J connectivity index is 1.66. The van der Waals surface area contributed by atoms with Gasteiger partial charge in [0.05, 0.1) is 44.2 Å². The molecule has 1 fully saturated rings. The van der Waals surface area contributed by atoms with Crippen LogP contribution in [0.2, 0.25) is 0 Å². The number of fused-ring (bicyclic) bond motifs is 1. The number of pyridine rings is 1. The third kappa shape index (κ3) is 3.78. The van der Waals surface area contributed by atoms with Gasteiger partial charge in [-0.2, -0.15) is 9.61 Å². The van der Waals surface area contributed by atoms with Gasteiger partial charge in [-0.3, -0.25) is 4.98 Å². The highest BCUT2D eigenvalue weighted by molar-refractivity contribution is 5.82. The molecule has 7 nitrogen and oxygen atoms in total. The van der Waals surface area contributed by atoms with Crippen LogP contribution in [0.1, 0.15) is 5.69 Å². The number of aromatic nitrogens is 4. The first-order valence-electron chi connectivity index (χ1n) is 10.8. The number of benzene rings is 1. The SMILES string of the molecule is Cc1nn2c(N3CC[NH+](CCO)CC3)cc(-c3ccncc3)nc2c1-c1ccccc1. The van der Waals surface area contributed by atoms with Gasteiger partial charge in [0.15, 0.2) is 5.65 Å². The van der Waals surface area contributed by atoms with E-state index in [9.17, 15) is 5.11 Å². The first kappa shape index (κ1) is 19.7. The highest BCUT2D eigenvalue weighted by Crippen LogP contribution is 2.32. The number of quaternary nitrogens is 1. The number of aliphatic hydroxyl groups is 1. The topological polar surface area (TPSA) is 71.0 Å². The molecule has 0 bridgehead atoms. The zero-order valence-corrected chi connectivity index (χ0v) is 17.7. The lowest BCUT2D eigenvalue weighted by Crippen LogP contribution is -3.15. The second-order valence-electron chi connectivity index (χ2n) is 8.01. The van der Waals surface area contributed by atoms with Gasteiger partial charge in [-0.05, 0) is 24.6 Å². The summed E-state index contributed by atoms with van der Waals surface area (Å²) in [7, 11) is 0. The molecule has 0 aliphatic carbocycles. The second-order valence-corrected chi connectivity index (χ2v) is 8.01. The highest BCUT2D eigenvalue weighted by Gasteiger charge is 2.24. The Morgan fingerprint density at radius 3 is 2.45 bits per heavy atom. The largest absolute Gasteiger partial charge is 0.391 e. The van der Waals surface area contributed by atoms with E-state index in [1.165, 1.54) is 4.90 Å². The van der Waals surface area contributed by atoms with Crippen molar-refractivity contribution in [1.29, 1.82) is 0 Å². The molecule has 1 aromatic carbocycles. The molecule has 4 aromatic rings. The van der Waals surface area contributed by atoms with Crippen LogP contribution in [0, 0.1) is 6.92 Å². The second kappa shape index (κ2) is 8.45. The minimum absolute atomic E-state index is 0.236. The smallest absolute Gasteiger partial charge is 0.166 e. The number of nitrogens with one attached hydrogen (secondary N) is 1. The summed E-state index contributed by atoms with van der Waals surface area (Å²) in [6, 6.07) is 16.5. The zero-order chi connectivity index (χ0) is 21.2. The first-order chi connectivity index (χ1) is 15.2. The summed E-state index contributed by atoms with van der Waals surface area (Å²) < 4.78 is 2.00. The van der Waals surface area contributed by atoms with Gasteiger partial charge in [-0.25, -0.2) is 4.98 Å². The number of aliphatic hydroxyl groups excluding tert-OH is 1. The van der Waals surface area contributed by atoms with Gasteiger partial charge < -0.3 is 14.9 Å². The summed E-state index contributed by atoms with van der Waals surface area (Å²) in [6.45, 7) is 6.94. The van der Waals surface area contributed by atoms with E-state index in [2.05, 4.69) is 47.1 Å². The Morgan fingerprint density at radius 1 is 1.00 bits per heavy atom. The fourth-order valence-electron chi connectivity index (χ4n) is 4.41. The van der Waals surface area contributed by atoms with E-state index < -0.39 is 0 Å².